The Labute approximate surface area is 122 Å². The van der Waals surface area contributed by atoms with Crippen LogP contribution in [0.4, 0.5) is 0 Å². The van der Waals surface area contributed by atoms with Crippen LogP contribution in [0.5, 0.6) is 0 Å². The van der Waals surface area contributed by atoms with Crippen molar-refractivity contribution in [2.75, 3.05) is 12.4 Å². The van der Waals surface area contributed by atoms with Crippen LogP contribution in [-0.4, -0.2) is 37.3 Å². The van der Waals surface area contributed by atoms with Crippen molar-refractivity contribution in [3.63, 3.8) is 0 Å². The fraction of sp³-hybridized carbons (Fsp3) is 0.750. The van der Waals surface area contributed by atoms with Gasteiger partial charge < -0.3 is 14.6 Å². The number of esters is 1. The Morgan fingerprint density at radius 2 is 1.71 bits per heavy atom. The summed E-state index contributed by atoms with van der Waals surface area (Å²) in [5, 5.41) is 10.0. The van der Waals surface area contributed by atoms with Crippen molar-refractivity contribution in [3.05, 3.63) is 0 Å². The van der Waals surface area contributed by atoms with E-state index in [0.29, 0.717) is 12.8 Å². The Kier molecular flexibility index (Phi) is 11.1. The molecule has 0 aromatic rings. The molecule has 9 heteroatoms. The molecule has 0 rings (SSSR count). The van der Waals surface area contributed by atoms with Gasteiger partial charge in [-0.1, -0.05) is 0 Å². The summed E-state index contributed by atoms with van der Waals surface area (Å²) < 4.78 is 33.3. The molecule has 0 atom stereocenters. The molecule has 0 saturated heterocycles. The normalized spacial score (nSPS) is 10.4. The van der Waals surface area contributed by atoms with Crippen LogP contribution in [0.2, 0.25) is 0 Å². The molecular formula is C8H13NaO7S. The maximum Gasteiger partial charge on any atom is 1.00 e. The summed E-state index contributed by atoms with van der Waals surface area (Å²) >= 11 is 0. The summed E-state index contributed by atoms with van der Waals surface area (Å²) in [5.74, 6) is -2.45. The zero-order chi connectivity index (χ0) is 12.6. The number of aliphatic carboxylic acids is 1. The number of carboxylic acids is 1. The number of hydrogen-bond donors (Lipinski definition) is 1. The van der Waals surface area contributed by atoms with E-state index in [1.54, 1.807) is 0 Å². The van der Waals surface area contributed by atoms with E-state index in [9.17, 15) is 23.1 Å². The van der Waals surface area contributed by atoms with Crippen molar-refractivity contribution in [1.29, 1.82) is 0 Å². The van der Waals surface area contributed by atoms with E-state index in [1.807, 2.05) is 0 Å². The van der Waals surface area contributed by atoms with Gasteiger partial charge in [0.15, 0.2) is 0 Å². The zero-order valence-corrected chi connectivity index (χ0v) is 12.4. The molecule has 0 radical (unpaired) electrons. The number of rotatable bonds is 8. The predicted molar refractivity (Wildman–Crippen MR) is 50.8 cm³/mol. The summed E-state index contributed by atoms with van der Waals surface area (Å²) in [5.41, 5.74) is 0. The second kappa shape index (κ2) is 9.84. The van der Waals surface area contributed by atoms with E-state index in [1.165, 1.54) is 0 Å². The Bertz CT molecular complexity index is 338. The van der Waals surface area contributed by atoms with Crippen molar-refractivity contribution in [2.45, 2.75) is 25.7 Å². The minimum Gasteiger partial charge on any atom is -0.550 e. The third-order valence-corrected chi connectivity index (χ3v) is 2.30. The van der Waals surface area contributed by atoms with E-state index in [4.69, 9.17) is 4.55 Å². The van der Waals surface area contributed by atoms with Crippen LogP contribution in [-0.2, 0) is 24.4 Å². The van der Waals surface area contributed by atoms with Crippen molar-refractivity contribution < 1.29 is 62.0 Å². The van der Waals surface area contributed by atoms with Gasteiger partial charge >= 0.3 is 35.5 Å². The van der Waals surface area contributed by atoms with Gasteiger partial charge in [-0.25, -0.2) is 0 Å². The smallest absolute Gasteiger partial charge is 0.550 e. The van der Waals surface area contributed by atoms with Gasteiger partial charge in [0.1, 0.15) is 12.4 Å². The van der Waals surface area contributed by atoms with Gasteiger partial charge in [-0.05, 0) is 19.3 Å². The molecule has 0 amide bonds. The topological polar surface area (TPSA) is 121 Å². The first kappa shape index (κ1) is 19.2. The molecule has 1 N–H and O–H groups in total. The molecule has 0 aromatic carbocycles. The first-order chi connectivity index (χ1) is 7.31. The average molecular weight is 276 g/mol. The van der Waals surface area contributed by atoms with Gasteiger partial charge in [-0.3, -0.25) is 9.35 Å². The van der Waals surface area contributed by atoms with Crippen LogP contribution in [0.3, 0.4) is 0 Å². The van der Waals surface area contributed by atoms with Gasteiger partial charge in [0.05, 0.1) is 0 Å². The second-order valence-corrected chi connectivity index (χ2v) is 4.66. The second-order valence-electron chi connectivity index (χ2n) is 3.09. The predicted octanol–water partition coefficient (Wildman–Crippen LogP) is -4.27. The largest absolute Gasteiger partial charge is 1.00 e. The average Bonchev–Trinajstić information content (AvgIpc) is 2.10. The fourth-order valence-electron chi connectivity index (χ4n) is 0.872. The van der Waals surface area contributed by atoms with E-state index in [0.717, 1.165) is 0 Å². The SMILES string of the molecule is O=C([O-])CCCCC(=O)OCCS(=O)(=O)O.[Na+]. The summed E-state index contributed by atoms with van der Waals surface area (Å²) in [6.45, 7) is -0.405. The number of ether oxygens (including phenoxy) is 1. The first-order valence-electron chi connectivity index (χ1n) is 4.62. The Hall–Kier alpha value is -0.150. The minimum absolute atomic E-state index is 0. The molecule has 0 spiro atoms. The van der Waals surface area contributed by atoms with Crippen LogP contribution in [0.15, 0.2) is 0 Å². The van der Waals surface area contributed by atoms with Crippen molar-refractivity contribution >= 4 is 22.1 Å². The summed E-state index contributed by atoms with van der Waals surface area (Å²) in [6, 6.07) is 0. The maximum absolute atomic E-state index is 10.9. The molecule has 94 valence electrons. The third-order valence-electron chi connectivity index (χ3n) is 1.62. The molecule has 0 aliphatic heterocycles. The number of carbonyl (C=O) groups excluding carboxylic acids is 2. The minimum atomic E-state index is -4.12. The van der Waals surface area contributed by atoms with Crippen molar-refractivity contribution in [1.82, 2.24) is 0 Å². The third kappa shape index (κ3) is 15.9. The van der Waals surface area contributed by atoms with E-state index in [-0.39, 0.29) is 42.4 Å². The molecule has 0 fully saturated rings. The van der Waals surface area contributed by atoms with Crippen LogP contribution >= 0.6 is 0 Å². The van der Waals surface area contributed by atoms with E-state index in [2.05, 4.69) is 4.74 Å². The van der Waals surface area contributed by atoms with E-state index >= 15 is 0 Å². The Balaban J connectivity index is 0. The summed E-state index contributed by atoms with van der Waals surface area (Å²) in [7, 11) is -4.12. The molecule has 7 nitrogen and oxygen atoms in total. The standard InChI is InChI=1S/C8H14O7S.Na/c9-7(10)3-1-2-4-8(11)15-5-6-16(12,13)14;/h1-6H2,(H,9,10)(H,12,13,14);/q;+1/p-1. The fourth-order valence-corrected chi connectivity index (χ4v) is 1.17. The molecule has 0 aliphatic carbocycles. The molecule has 0 bridgehead atoms. The molecule has 0 heterocycles. The summed E-state index contributed by atoms with van der Waals surface area (Å²) in [6.07, 6.45) is 0.519. The van der Waals surface area contributed by atoms with Crippen LogP contribution < -0.4 is 34.7 Å². The van der Waals surface area contributed by atoms with Crippen molar-refractivity contribution in [3.8, 4) is 0 Å². The van der Waals surface area contributed by atoms with Crippen LogP contribution in [0.1, 0.15) is 25.7 Å². The van der Waals surface area contributed by atoms with Gasteiger partial charge in [-0.2, -0.15) is 8.42 Å². The number of carboxylic acid groups (broad SMARTS) is 1. The number of carbonyl (C=O) groups is 2. The van der Waals surface area contributed by atoms with Gasteiger partial charge in [0.25, 0.3) is 10.1 Å². The van der Waals surface area contributed by atoms with Gasteiger partial charge in [0, 0.05) is 12.4 Å². The van der Waals surface area contributed by atoms with Gasteiger partial charge in [0.2, 0.25) is 0 Å². The first-order valence-corrected chi connectivity index (χ1v) is 6.23. The van der Waals surface area contributed by atoms with E-state index < -0.39 is 34.4 Å². The molecule has 0 unspecified atom stereocenters. The Morgan fingerprint density at radius 1 is 1.18 bits per heavy atom. The number of unbranched alkanes of at least 4 members (excludes halogenated alkanes) is 1. The number of hydrogen-bond acceptors (Lipinski definition) is 6. The van der Waals surface area contributed by atoms with Crippen LogP contribution in [0.25, 0.3) is 0 Å². The van der Waals surface area contributed by atoms with Gasteiger partial charge in [-0.15, -0.1) is 0 Å². The molecule has 0 aliphatic rings. The molecule has 0 aromatic heterocycles. The summed E-state index contributed by atoms with van der Waals surface area (Å²) in [4.78, 5) is 20.9. The zero-order valence-electron chi connectivity index (χ0n) is 9.55. The molecular weight excluding hydrogens is 263 g/mol. The Morgan fingerprint density at radius 3 is 2.18 bits per heavy atom. The monoisotopic (exact) mass is 276 g/mol. The molecule has 17 heavy (non-hydrogen) atoms. The molecule has 0 saturated carbocycles. The van der Waals surface area contributed by atoms with Crippen LogP contribution in [0, 0.1) is 0 Å². The van der Waals surface area contributed by atoms with Crippen molar-refractivity contribution in [2.24, 2.45) is 0 Å². The maximum atomic E-state index is 10.9. The quantitative estimate of drug-likeness (QED) is 0.206.